The lowest BCUT2D eigenvalue weighted by atomic mass is 10.2. The van der Waals surface area contributed by atoms with Crippen LogP contribution in [0.25, 0.3) is 0 Å². The molecule has 1 aromatic rings. The van der Waals surface area contributed by atoms with Crippen LogP contribution in [-0.2, 0) is 0 Å². The molecule has 0 saturated carbocycles. The van der Waals surface area contributed by atoms with E-state index in [9.17, 15) is 14.0 Å². The number of hydrogen-bond acceptors (Lipinski definition) is 2. The van der Waals surface area contributed by atoms with Gasteiger partial charge in [0.2, 0.25) is 0 Å². The molecule has 0 aliphatic carbocycles. The smallest absolute Gasteiger partial charge is 0.317 e. The van der Waals surface area contributed by atoms with Crippen molar-refractivity contribution in [3.05, 3.63) is 34.6 Å². The second-order valence-electron chi connectivity index (χ2n) is 5.49. The fourth-order valence-electron chi connectivity index (χ4n) is 2.50. The van der Waals surface area contributed by atoms with Gasteiger partial charge < -0.3 is 15.1 Å². The monoisotopic (exact) mass is 341 g/mol. The quantitative estimate of drug-likeness (QED) is 0.919. The molecule has 1 aromatic carbocycles. The lowest BCUT2D eigenvalue weighted by Crippen LogP contribution is -2.42. The highest BCUT2D eigenvalue weighted by atomic mass is 35.5. The summed E-state index contributed by atoms with van der Waals surface area (Å²) in [5.74, 6) is -0.970. The van der Waals surface area contributed by atoms with E-state index < -0.39 is 5.82 Å². The Kier molecular flexibility index (Phi) is 6.21. The van der Waals surface area contributed by atoms with Crippen molar-refractivity contribution in [3.8, 4) is 0 Å². The molecular formula is C16H21ClFN3O2. The van der Waals surface area contributed by atoms with Crippen LogP contribution in [0.15, 0.2) is 18.2 Å². The summed E-state index contributed by atoms with van der Waals surface area (Å²) in [4.78, 5) is 27.7. The average molecular weight is 342 g/mol. The number of nitrogens with zero attached hydrogens (tertiary/aromatic N) is 2. The van der Waals surface area contributed by atoms with E-state index in [1.807, 2.05) is 6.92 Å². The highest BCUT2D eigenvalue weighted by molar-refractivity contribution is 6.31. The van der Waals surface area contributed by atoms with Gasteiger partial charge in [-0.15, -0.1) is 0 Å². The number of halogens is 2. The summed E-state index contributed by atoms with van der Waals surface area (Å²) in [6, 6.07) is 3.83. The maximum Gasteiger partial charge on any atom is 0.317 e. The second-order valence-corrected chi connectivity index (χ2v) is 5.93. The molecule has 0 bridgehead atoms. The van der Waals surface area contributed by atoms with Crippen LogP contribution < -0.4 is 5.32 Å². The van der Waals surface area contributed by atoms with Gasteiger partial charge in [0.1, 0.15) is 5.82 Å². The third-order valence-electron chi connectivity index (χ3n) is 3.76. The van der Waals surface area contributed by atoms with Gasteiger partial charge in [-0.25, -0.2) is 9.18 Å². The van der Waals surface area contributed by atoms with Crippen molar-refractivity contribution in [1.29, 1.82) is 0 Å². The molecule has 1 N–H and O–H groups in total. The maximum absolute atomic E-state index is 13.8. The van der Waals surface area contributed by atoms with Crippen molar-refractivity contribution in [2.24, 2.45) is 0 Å². The molecule has 0 atom stereocenters. The van der Waals surface area contributed by atoms with Gasteiger partial charge >= 0.3 is 6.03 Å². The lowest BCUT2D eigenvalue weighted by molar-refractivity contribution is 0.0757. The van der Waals surface area contributed by atoms with E-state index in [-0.39, 0.29) is 17.5 Å². The van der Waals surface area contributed by atoms with E-state index in [0.717, 1.165) is 6.42 Å². The van der Waals surface area contributed by atoms with Crippen molar-refractivity contribution >= 4 is 23.5 Å². The molecule has 0 unspecified atom stereocenters. The number of hydrogen-bond donors (Lipinski definition) is 1. The number of benzene rings is 1. The summed E-state index contributed by atoms with van der Waals surface area (Å²) >= 11 is 5.85. The molecule has 7 heteroatoms. The van der Waals surface area contributed by atoms with Gasteiger partial charge in [0.25, 0.3) is 5.91 Å². The summed E-state index contributed by atoms with van der Waals surface area (Å²) in [5.41, 5.74) is -0.0265. The number of carbonyl (C=O) groups is 2. The maximum atomic E-state index is 13.8. The van der Waals surface area contributed by atoms with Gasteiger partial charge in [-0.2, -0.15) is 0 Å². The highest BCUT2D eigenvalue weighted by Crippen LogP contribution is 2.17. The molecule has 23 heavy (non-hydrogen) atoms. The van der Waals surface area contributed by atoms with Crippen LogP contribution in [0.3, 0.4) is 0 Å². The summed E-state index contributed by atoms with van der Waals surface area (Å²) in [5, 5.41) is 3.15. The van der Waals surface area contributed by atoms with Crippen molar-refractivity contribution < 1.29 is 14.0 Å². The van der Waals surface area contributed by atoms with E-state index in [1.54, 1.807) is 9.80 Å². The first kappa shape index (κ1) is 17.5. The summed E-state index contributed by atoms with van der Waals surface area (Å²) in [7, 11) is 0. The molecule has 3 amide bonds. The van der Waals surface area contributed by atoms with Crippen LogP contribution in [-0.4, -0.2) is 54.5 Å². The topological polar surface area (TPSA) is 52.7 Å². The van der Waals surface area contributed by atoms with Gasteiger partial charge in [-0.05, 0) is 31.0 Å². The molecule has 1 heterocycles. The molecule has 0 radical (unpaired) electrons. The van der Waals surface area contributed by atoms with E-state index in [4.69, 9.17) is 11.6 Å². The Bertz CT molecular complexity index is 582. The van der Waals surface area contributed by atoms with Crippen LogP contribution in [0, 0.1) is 5.82 Å². The van der Waals surface area contributed by atoms with Gasteiger partial charge in [-0.3, -0.25) is 4.79 Å². The zero-order valence-corrected chi connectivity index (χ0v) is 13.9. The predicted molar refractivity (Wildman–Crippen MR) is 87.2 cm³/mol. The summed E-state index contributed by atoms with van der Waals surface area (Å²) < 4.78 is 13.8. The summed E-state index contributed by atoms with van der Waals surface area (Å²) in [6.07, 6.45) is 1.53. The standard InChI is InChI=1S/C16H21ClFN3O2/c1-2-6-19-16(23)21-8-3-7-20(9-10-21)15(22)13-11-12(17)4-5-14(13)18/h4-5,11H,2-3,6-10H2,1H3,(H,19,23). The van der Waals surface area contributed by atoms with Crippen LogP contribution in [0.4, 0.5) is 9.18 Å². The minimum atomic E-state index is -0.582. The molecule has 5 nitrogen and oxygen atoms in total. The zero-order valence-electron chi connectivity index (χ0n) is 13.1. The molecule has 2 rings (SSSR count). The highest BCUT2D eigenvalue weighted by Gasteiger charge is 2.24. The Hall–Kier alpha value is -1.82. The summed E-state index contributed by atoms with van der Waals surface area (Å²) in [6.45, 7) is 4.50. The van der Waals surface area contributed by atoms with Gasteiger partial charge in [0, 0.05) is 37.7 Å². The fourth-order valence-corrected chi connectivity index (χ4v) is 2.67. The SMILES string of the molecule is CCCNC(=O)N1CCCN(C(=O)c2cc(Cl)ccc2F)CC1. The number of amides is 3. The van der Waals surface area contributed by atoms with Crippen molar-refractivity contribution in [3.63, 3.8) is 0 Å². The fraction of sp³-hybridized carbons (Fsp3) is 0.500. The Balaban J connectivity index is 2.01. The lowest BCUT2D eigenvalue weighted by Gasteiger charge is -2.22. The first-order chi connectivity index (χ1) is 11.0. The van der Waals surface area contributed by atoms with Crippen molar-refractivity contribution in [2.45, 2.75) is 19.8 Å². The van der Waals surface area contributed by atoms with E-state index >= 15 is 0 Å². The number of urea groups is 1. The molecule has 126 valence electrons. The average Bonchev–Trinajstić information content (AvgIpc) is 2.80. The van der Waals surface area contributed by atoms with Gasteiger partial charge in [-0.1, -0.05) is 18.5 Å². The Labute approximate surface area is 140 Å². The third kappa shape index (κ3) is 4.58. The van der Waals surface area contributed by atoms with Crippen molar-refractivity contribution in [2.75, 3.05) is 32.7 Å². The van der Waals surface area contributed by atoms with Crippen molar-refractivity contribution in [1.82, 2.24) is 15.1 Å². The van der Waals surface area contributed by atoms with Crippen LogP contribution in [0.1, 0.15) is 30.1 Å². The zero-order chi connectivity index (χ0) is 16.8. The molecule has 1 aliphatic rings. The minimum Gasteiger partial charge on any atom is -0.338 e. The molecule has 0 spiro atoms. The van der Waals surface area contributed by atoms with E-state index in [1.165, 1.54) is 18.2 Å². The Morgan fingerprint density at radius 2 is 1.91 bits per heavy atom. The largest absolute Gasteiger partial charge is 0.338 e. The molecular weight excluding hydrogens is 321 g/mol. The number of rotatable bonds is 3. The normalized spacial score (nSPS) is 15.3. The van der Waals surface area contributed by atoms with Gasteiger partial charge in [0.15, 0.2) is 0 Å². The minimum absolute atomic E-state index is 0.0265. The first-order valence-electron chi connectivity index (χ1n) is 7.80. The first-order valence-corrected chi connectivity index (χ1v) is 8.17. The second kappa shape index (κ2) is 8.15. The number of nitrogens with one attached hydrogen (secondary N) is 1. The number of carbonyl (C=O) groups excluding carboxylic acids is 2. The molecule has 1 saturated heterocycles. The molecule has 0 aromatic heterocycles. The molecule has 1 fully saturated rings. The van der Waals surface area contributed by atoms with E-state index in [2.05, 4.69) is 5.32 Å². The van der Waals surface area contributed by atoms with Crippen LogP contribution in [0.5, 0.6) is 0 Å². The third-order valence-corrected chi connectivity index (χ3v) is 3.99. The Morgan fingerprint density at radius 3 is 2.65 bits per heavy atom. The molecule has 1 aliphatic heterocycles. The van der Waals surface area contributed by atoms with Crippen LogP contribution >= 0.6 is 11.6 Å². The predicted octanol–water partition coefficient (Wildman–Crippen LogP) is 2.75. The Morgan fingerprint density at radius 1 is 1.22 bits per heavy atom. The van der Waals surface area contributed by atoms with Gasteiger partial charge in [0.05, 0.1) is 5.56 Å². The van der Waals surface area contributed by atoms with Crippen LogP contribution in [0.2, 0.25) is 5.02 Å². The van der Waals surface area contributed by atoms with E-state index in [0.29, 0.717) is 44.2 Å².